The van der Waals surface area contributed by atoms with E-state index in [0.717, 1.165) is 4.90 Å². The number of nitrogens with one attached hydrogen (secondary N) is 2. The van der Waals surface area contributed by atoms with Crippen LogP contribution in [0.2, 0.25) is 0 Å². The number of amides is 3. The van der Waals surface area contributed by atoms with Crippen LogP contribution in [-0.2, 0) is 31.0 Å². The van der Waals surface area contributed by atoms with E-state index in [0.29, 0.717) is 22.9 Å². The highest BCUT2D eigenvalue weighted by molar-refractivity contribution is 8.01. The Morgan fingerprint density at radius 3 is 2.84 bits per heavy atom. The number of rotatable bonds is 11. The average Bonchev–Trinajstić information content (AvgIpc) is 3.18. The Balaban J connectivity index is 1.73. The van der Waals surface area contributed by atoms with E-state index in [1.54, 1.807) is 14.0 Å². The van der Waals surface area contributed by atoms with E-state index in [4.69, 9.17) is 4.74 Å². The maximum Gasteiger partial charge on any atom is 0.352 e. The largest absolute Gasteiger partial charge is 0.477 e. The van der Waals surface area contributed by atoms with Crippen LogP contribution >= 0.6 is 35.3 Å². The number of carboxylic acid groups (broad SMARTS) is 1. The molecular formula is C16H21N7O6S3. The molecule has 16 heteroatoms. The molecule has 1 unspecified atom stereocenters. The molecule has 3 atom stereocenters. The third kappa shape index (κ3) is 4.57. The Morgan fingerprint density at radius 1 is 1.50 bits per heavy atom. The molecule has 3 heterocycles. The lowest BCUT2D eigenvalue weighted by Gasteiger charge is -2.55. The second-order valence-corrected chi connectivity index (χ2v) is 10.0. The molecule has 1 aromatic rings. The summed E-state index contributed by atoms with van der Waals surface area (Å²) in [4.78, 5) is 49.1. The van der Waals surface area contributed by atoms with Gasteiger partial charge in [-0.25, -0.2) is 9.48 Å². The van der Waals surface area contributed by atoms with Crippen molar-refractivity contribution in [1.82, 2.24) is 35.7 Å². The van der Waals surface area contributed by atoms with E-state index >= 15 is 0 Å². The number of hydrogen-bond acceptors (Lipinski definition) is 11. The molecule has 0 radical (unpaired) electrons. The summed E-state index contributed by atoms with van der Waals surface area (Å²) in [6, 6.07) is 0. The second kappa shape index (κ2) is 10.1. The number of carboxylic acids is 1. The molecule has 0 bridgehead atoms. The second-order valence-electron chi connectivity index (χ2n) is 6.70. The number of fused-ring (bicyclic) bond motifs is 1. The summed E-state index contributed by atoms with van der Waals surface area (Å²) < 4.78 is 6.87. The monoisotopic (exact) mass is 503 g/mol. The number of carbonyl (C=O) groups excluding carboxylic acids is 3. The van der Waals surface area contributed by atoms with Crippen LogP contribution in [0.3, 0.4) is 0 Å². The van der Waals surface area contributed by atoms with Crippen molar-refractivity contribution < 1.29 is 29.0 Å². The Kier molecular flexibility index (Phi) is 7.68. The highest BCUT2D eigenvalue weighted by atomic mass is 32.2. The van der Waals surface area contributed by atoms with Crippen molar-refractivity contribution in [1.29, 1.82) is 0 Å². The van der Waals surface area contributed by atoms with Gasteiger partial charge in [0.1, 0.15) is 11.1 Å². The normalized spacial score (nSPS) is 23.3. The molecule has 1 saturated heterocycles. The van der Waals surface area contributed by atoms with Crippen LogP contribution in [0, 0.1) is 0 Å². The SMILES string of the molecule is CO[C@@]1(NC(=O)CSC(C)NC=O)C(=O)N2C(C(=O)O)=C(CSc3nnnn3C)CS[C@@H]21. The molecule has 3 N–H and O–H groups in total. The van der Waals surface area contributed by atoms with Gasteiger partial charge in [-0.15, -0.1) is 28.6 Å². The van der Waals surface area contributed by atoms with Crippen LogP contribution in [0.15, 0.2) is 16.4 Å². The van der Waals surface area contributed by atoms with Gasteiger partial charge in [-0.1, -0.05) is 11.8 Å². The number of nitrogens with zero attached hydrogens (tertiary/aromatic N) is 5. The minimum atomic E-state index is -1.66. The Hall–Kier alpha value is -2.30. The van der Waals surface area contributed by atoms with Crippen molar-refractivity contribution in [2.45, 2.75) is 28.6 Å². The van der Waals surface area contributed by atoms with Gasteiger partial charge in [-0.05, 0) is 22.9 Å². The third-order valence-corrected chi connectivity index (χ3v) is 8.22. The van der Waals surface area contributed by atoms with Crippen molar-refractivity contribution in [3.63, 3.8) is 0 Å². The number of aliphatic carboxylic acids is 1. The average molecular weight is 504 g/mol. The van der Waals surface area contributed by atoms with E-state index < -0.39 is 28.9 Å². The van der Waals surface area contributed by atoms with Gasteiger partial charge >= 0.3 is 5.97 Å². The molecule has 0 aromatic carbocycles. The number of carbonyl (C=O) groups is 4. The summed E-state index contributed by atoms with van der Waals surface area (Å²) in [5.41, 5.74) is -1.24. The molecule has 0 spiro atoms. The standard InChI is InChI=1S/C16H21N7O6S3/c1-8(17-7-24)30-6-10(25)18-16(29-3)13(28)23-11(12(26)27)9(4-31-14(16)23)5-32-15-19-20-21-22(15)2/h7-8,14H,4-6H2,1-3H3,(H,17,24)(H,18,25)(H,26,27)/t8?,14-,16+/m1/s1. The van der Waals surface area contributed by atoms with Crippen LogP contribution in [-0.4, -0.2) is 95.2 Å². The van der Waals surface area contributed by atoms with Gasteiger partial charge in [0.25, 0.3) is 11.6 Å². The molecular weight excluding hydrogens is 482 g/mol. The van der Waals surface area contributed by atoms with Gasteiger partial charge in [0.15, 0.2) is 0 Å². The number of aryl methyl sites for hydroxylation is 1. The lowest BCUT2D eigenvalue weighted by Crippen LogP contribution is -2.80. The van der Waals surface area contributed by atoms with Crippen LogP contribution in [0.25, 0.3) is 0 Å². The quantitative estimate of drug-likeness (QED) is 0.144. The van der Waals surface area contributed by atoms with Crippen molar-refractivity contribution in [2.24, 2.45) is 7.05 Å². The lowest BCUT2D eigenvalue weighted by atomic mass is 9.98. The molecule has 1 aromatic heterocycles. The van der Waals surface area contributed by atoms with Crippen molar-refractivity contribution in [2.75, 3.05) is 24.4 Å². The van der Waals surface area contributed by atoms with Crippen molar-refractivity contribution in [3.8, 4) is 0 Å². The van der Waals surface area contributed by atoms with Crippen LogP contribution in [0.1, 0.15) is 6.92 Å². The summed E-state index contributed by atoms with van der Waals surface area (Å²) >= 11 is 3.73. The highest BCUT2D eigenvalue weighted by Gasteiger charge is 2.66. The fourth-order valence-corrected chi connectivity index (χ4v) is 6.19. The molecule has 1 fully saturated rings. The first-order valence-corrected chi connectivity index (χ1v) is 12.3. The first-order chi connectivity index (χ1) is 15.2. The predicted octanol–water partition coefficient (Wildman–Crippen LogP) is -1.16. The van der Waals surface area contributed by atoms with E-state index in [-0.39, 0.29) is 22.6 Å². The summed E-state index contributed by atoms with van der Waals surface area (Å²) in [6.45, 7) is 1.71. The van der Waals surface area contributed by atoms with Gasteiger partial charge in [0, 0.05) is 25.7 Å². The minimum Gasteiger partial charge on any atom is -0.477 e. The number of β-lactam (4-membered cyclic amide) rings is 1. The topological polar surface area (TPSA) is 169 Å². The van der Waals surface area contributed by atoms with Crippen LogP contribution in [0.5, 0.6) is 0 Å². The Bertz CT molecular complexity index is 956. The number of thioether (sulfide) groups is 3. The first-order valence-electron chi connectivity index (χ1n) is 9.18. The van der Waals surface area contributed by atoms with E-state index in [2.05, 4.69) is 26.2 Å². The zero-order chi connectivity index (χ0) is 23.5. The lowest BCUT2D eigenvalue weighted by molar-refractivity contribution is -0.192. The maximum absolute atomic E-state index is 13.0. The van der Waals surface area contributed by atoms with Gasteiger partial charge in [0.05, 0.1) is 11.1 Å². The number of ether oxygens (including phenoxy) is 1. The van der Waals surface area contributed by atoms with Gasteiger partial charge in [0.2, 0.25) is 17.5 Å². The van der Waals surface area contributed by atoms with Gasteiger partial charge in [-0.2, -0.15) is 0 Å². The van der Waals surface area contributed by atoms with Crippen LogP contribution < -0.4 is 10.6 Å². The Labute approximate surface area is 195 Å². The molecule has 2 aliphatic rings. The Morgan fingerprint density at radius 2 is 2.25 bits per heavy atom. The maximum atomic E-state index is 13.0. The summed E-state index contributed by atoms with van der Waals surface area (Å²) in [6.07, 6.45) is 0.536. The molecule has 0 aliphatic carbocycles. The summed E-state index contributed by atoms with van der Waals surface area (Å²) in [5.74, 6) is -1.78. The molecule has 13 nitrogen and oxygen atoms in total. The third-order valence-electron chi connectivity index (χ3n) is 4.68. The highest BCUT2D eigenvalue weighted by Crippen LogP contribution is 2.47. The van der Waals surface area contributed by atoms with Gasteiger partial charge in [-0.3, -0.25) is 19.3 Å². The zero-order valence-electron chi connectivity index (χ0n) is 17.3. The van der Waals surface area contributed by atoms with Crippen LogP contribution in [0.4, 0.5) is 0 Å². The molecule has 174 valence electrons. The number of hydrogen-bond donors (Lipinski definition) is 3. The minimum absolute atomic E-state index is 0.0208. The smallest absolute Gasteiger partial charge is 0.352 e. The summed E-state index contributed by atoms with van der Waals surface area (Å²) in [7, 11) is 2.96. The molecule has 32 heavy (non-hydrogen) atoms. The number of methoxy groups -OCH3 is 1. The van der Waals surface area contributed by atoms with Crippen molar-refractivity contribution >= 4 is 59.5 Å². The molecule has 2 aliphatic heterocycles. The fourth-order valence-electron chi connectivity index (χ4n) is 3.14. The van der Waals surface area contributed by atoms with Gasteiger partial charge < -0.3 is 20.5 Å². The number of aromatic nitrogens is 4. The molecule has 3 rings (SSSR count). The van der Waals surface area contributed by atoms with E-state index in [1.807, 2.05) is 0 Å². The van der Waals surface area contributed by atoms with E-state index in [1.165, 1.54) is 47.1 Å². The molecule has 3 amide bonds. The van der Waals surface area contributed by atoms with E-state index in [9.17, 15) is 24.3 Å². The summed E-state index contributed by atoms with van der Waals surface area (Å²) in [5, 5.41) is 25.5. The molecule has 0 saturated carbocycles. The predicted molar refractivity (Wildman–Crippen MR) is 116 cm³/mol. The number of tetrazole rings is 1. The zero-order valence-corrected chi connectivity index (χ0v) is 19.8. The van der Waals surface area contributed by atoms with Crippen molar-refractivity contribution in [3.05, 3.63) is 11.3 Å². The first kappa shape index (κ1) is 24.3. The fraction of sp³-hybridized carbons (Fsp3) is 0.562.